The molecule has 13 heavy (non-hydrogen) atoms. The van der Waals surface area contributed by atoms with Crippen molar-refractivity contribution in [3.63, 3.8) is 0 Å². The molecule has 0 unspecified atom stereocenters. The number of ether oxygens (including phenoxy) is 1. The average Bonchev–Trinajstić information content (AvgIpc) is 2.04. The molecule has 0 heterocycles. The number of esters is 1. The molecule has 1 rings (SSSR count). The van der Waals surface area contributed by atoms with Crippen LogP contribution in [0.5, 0.6) is 11.5 Å². The summed E-state index contributed by atoms with van der Waals surface area (Å²) in [5.74, 6) is 0.166. The van der Waals surface area contributed by atoms with Gasteiger partial charge in [0.1, 0.15) is 11.5 Å². The quantitative estimate of drug-likeness (QED) is 0.431. The average molecular weight is 190 g/mol. The first-order chi connectivity index (χ1) is 5.72. The van der Waals surface area contributed by atoms with E-state index in [0.717, 1.165) is 0 Å². The molecule has 0 fully saturated rings. The predicted molar refractivity (Wildman–Crippen MR) is 51.2 cm³/mol. The number of carbonyl (C=O) groups excluding carboxylic acids is 1. The number of phenols is 1. The second-order valence-electron chi connectivity index (χ2n) is 2.32. The van der Waals surface area contributed by atoms with Crippen molar-refractivity contribution in [2.75, 3.05) is 0 Å². The van der Waals surface area contributed by atoms with Crippen molar-refractivity contribution in [3.8, 4) is 11.5 Å². The minimum absolute atomic E-state index is 0. The standard InChI is InChI=1S/C9H10O3.Na.H/c1-2-9(11)12-8-5-3-4-7(10)6-8;;/h3-6,10H,2H2,1H3;;. The summed E-state index contributed by atoms with van der Waals surface area (Å²) in [6.45, 7) is 1.71. The van der Waals surface area contributed by atoms with Gasteiger partial charge >= 0.3 is 35.5 Å². The van der Waals surface area contributed by atoms with Crippen molar-refractivity contribution < 1.29 is 14.6 Å². The van der Waals surface area contributed by atoms with Gasteiger partial charge in [0.2, 0.25) is 0 Å². The molecule has 66 valence electrons. The molecular formula is C9H11NaO3. The molecular weight excluding hydrogens is 179 g/mol. The van der Waals surface area contributed by atoms with Crippen LogP contribution in [-0.4, -0.2) is 40.6 Å². The molecule has 0 atom stereocenters. The zero-order valence-corrected chi connectivity index (χ0v) is 6.78. The van der Waals surface area contributed by atoms with Crippen LogP contribution >= 0.6 is 0 Å². The summed E-state index contributed by atoms with van der Waals surface area (Å²) in [4.78, 5) is 10.8. The molecule has 0 aromatic heterocycles. The van der Waals surface area contributed by atoms with E-state index in [1.54, 1.807) is 19.1 Å². The van der Waals surface area contributed by atoms with Gasteiger partial charge in [-0.15, -0.1) is 0 Å². The first kappa shape index (κ1) is 12.5. The Hall–Kier alpha value is -0.510. The van der Waals surface area contributed by atoms with Gasteiger partial charge in [0.15, 0.2) is 0 Å². The summed E-state index contributed by atoms with van der Waals surface area (Å²) in [7, 11) is 0. The van der Waals surface area contributed by atoms with Crippen LogP contribution in [0.15, 0.2) is 24.3 Å². The summed E-state index contributed by atoms with van der Waals surface area (Å²) in [5.41, 5.74) is 0. The van der Waals surface area contributed by atoms with Gasteiger partial charge in [-0.05, 0) is 12.1 Å². The molecule has 1 N–H and O–H groups in total. The molecule has 0 aliphatic heterocycles. The number of hydrogen-bond acceptors (Lipinski definition) is 3. The monoisotopic (exact) mass is 190 g/mol. The fourth-order valence-corrected chi connectivity index (χ4v) is 0.751. The summed E-state index contributed by atoms with van der Waals surface area (Å²) in [6.07, 6.45) is 0.329. The Morgan fingerprint density at radius 3 is 2.77 bits per heavy atom. The van der Waals surface area contributed by atoms with Gasteiger partial charge in [0, 0.05) is 12.5 Å². The Balaban J connectivity index is 0.00000144. The Labute approximate surface area is 99.0 Å². The molecule has 1 aromatic rings. The zero-order chi connectivity index (χ0) is 8.97. The van der Waals surface area contributed by atoms with E-state index in [9.17, 15) is 4.79 Å². The molecule has 0 spiro atoms. The van der Waals surface area contributed by atoms with Crippen LogP contribution in [0, 0.1) is 0 Å². The molecule has 0 saturated carbocycles. The van der Waals surface area contributed by atoms with E-state index in [1.807, 2.05) is 0 Å². The number of phenolic OH excluding ortho intramolecular Hbond substituents is 1. The van der Waals surface area contributed by atoms with Gasteiger partial charge in [-0.2, -0.15) is 0 Å². The number of benzene rings is 1. The molecule has 1 aromatic carbocycles. The first-order valence-electron chi connectivity index (χ1n) is 3.72. The topological polar surface area (TPSA) is 46.5 Å². The fraction of sp³-hybridized carbons (Fsp3) is 0.222. The van der Waals surface area contributed by atoms with Gasteiger partial charge < -0.3 is 9.84 Å². The first-order valence-corrected chi connectivity index (χ1v) is 3.72. The van der Waals surface area contributed by atoms with Crippen molar-refractivity contribution in [2.24, 2.45) is 0 Å². The van der Waals surface area contributed by atoms with Crippen LogP contribution in [0.1, 0.15) is 13.3 Å². The molecule has 0 aliphatic rings. The molecule has 0 bridgehead atoms. The molecule has 0 aliphatic carbocycles. The van der Waals surface area contributed by atoms with Crippen LogP contribution in [0.4, 0.5) is 0 Å². The van der Waals surface area contributed by atoms with Crippen LogP contribution < -0.4 is 4.74 Å². The van der Waals surface area contributed by atoms with Crippen molar-refractivity contribution in [2.45, 2.75) is 13.3 Å². The van der Waals surface area contributed by atoms with E-state index < -0.39 is 0 Å². The van der Waals surface area contributed by atoms with E-state index in [0.29, 0.717) is 12.2 Å². The van der Waals surface area contributed by atoms with Crippen LogP contribution in [0.2, 0.25) is 0 Å². The fourth-order valence-electron chi connectivity index (χ4n) is 0.751. The molecule has 0 radical (unpaired) electrons. The van der Waals surface area contributed by atoms with Crippen molar-refractivity contribution >= 4 is 35.5 Å². The van der Waals surface area contributed by atoms with E-state index in [-0.39, 0.29) is 41.3 Å². The van der Waals surface area contributed by atoms with Crippen LogP contribution in [0.3, 0.4) is 0 Å². The maximum atomic E-state index is 10.8. The van der Waals surface area contributed by atoms with Gasteiger partial charge in [-0.1, -0.05) is 13.0 Å². The number of hydrogen-bond donors (Lipinski definition) is 1. The second-order valence-corrected chi connectivity index (χ2v) is 2.32. The summed E-state index contributed by atoms with van der Waals surface area (Å²) in [6, 6.07) is 6.15. The maximum absolute atomic E-state index is 10.8. The van der Waals surface area contributed by atoms with Gasteiger partial charge in [0.05, 0.1) is 0 Å². The van der Waals surface area contributed by atoms with Crippen LogP contribution in [-0.2, 0) is 4.79 Å². The number of carbonyl (C=O) groups is 1. The Morgan fingerprint density at radius 2 is 2.23 bits per heavy atom. The molecule has 3 nitrogen and oxygen atoms in total. The summed E-state index contributed by atoms with van der Waals surface area (Å²) < 4.78 is 4.85. The Morgan fingerprint density at radius 1 is 1.54 bits per heavy atom. The SMILES string of the molecule is CCC(=O)Oc1cccc(O)c1.[NaH]. The third-order valence-electron chi connectivity index (χ3n) is 1.34. The third-order valence-corrected chi connectivity index (χ3v) is 1.34. The minimum atomic E-state index is -0.305. The second kappa shape index (κ2) is 6.02. The Kier molecular flexibility index (Phi) is 5.79. The van der Waals surface area contributed by atoms with Crippen LogP contribution in [0.25, 0.3) is 0 Å². The Bertz CT molecular complexity index is 286. The van der Waals surface area contributed by atoms with Crippen molar-refractivity contribution in [1.82, 2.24) is 0 Å². The summed E-state index contributed by atoms with van der Waals surface area (Å²) >= 11 is 0. The number of aromatic hydroxyl groups is 1. The molecule has 4 heteroatoms. The van der Waals surface area contributed by atoms with Crippen molar-refractivity contribution in [1.29, 1.82) is 0 Å². The van der Waals surface area contributed by atoms with Gasteiger partial charge in [-0.25, -0.2) is 0 Å². The van der Waals surface area contributed by atoms with Crippen molar-refractivity contribution in [3.05, 3.63) is 24.3 Å². The van der Waals surface area contributed by atoms with E-state index in [4.69, 9.17) is 9.84 Å². The molecule has 0 amide bonds. The third kappa shape index (κ3) is 4.31. The number of rotatable bonds is 2. The van der Waals surface area contributed by atoms with Gasteiger partial charge in [-0.3, -0.25) is 4.79 Å². The normalized spacial score (nSPS) is 8.69. The predicted octanol–water partition coefficient (Wildman–Crippen LogP) is 1.06. The van der Waals surface area contributed by atoms with Gasteiger partial charge in [0.25, 0.3) is 0 Å². The zero-order valence-electron chi connectivity index (χ0n) is 6.78. The van der Waals surface area contributed by atoms with E-state index in [2.05, 4.69) is 0 Å². The molecule has 0 saturated heterocycles. The summed E-state index contributed by atoms with van der Waals surface area (Å²) in [5, 5.41) is 9.01. The van der Waals surface area contributed by atoms with E-state index in [1.165, 1.54) is 12.1 Å². The van der Waals surface area contributed by atoms with E-state index >= 15 is 0 Å².